The molecule has 0 amide bonds. The SMILES string of the molecule is C[Si](C)(C)OC(CN)COCc1ccccc1. The van der Waals surface area contributed by atoms with Crippen molar-refractivity contribution in [2.75, 3.05) is 13.2 Å². The molecule has 1 unspecified atom stereocenters. The van der Waals surface area contributed by atoms with Gasteiger partial charge in [-0.1, -0.05) is 30.3 Å². The molecule has 17 heavy (non-hydrogen) atoms. The first-order chi connectivity index (χ1) is 8.01. The zero-order chi connectivity index (χ0) is 12.7. The predicted molar refractivity (Wildman–Crippen MR) is 73.4 cm³/mol. The molecule has 1 atom stereocenters. The first-order valence-corrected chi connectivity index (χ1v) is 9.41. The molecule has 2 N–H and O–H groups in total. The maximum absolute atomic E-state index is 5.91. The Kier molecular flexibility index (Phi) is 5.84. The first kappa shape index (κ1) is 14.4. The van der Waals surface area contributed by atoms with Gasteiger partial charge in [-0.25, -0.2) is 0 Å². The molecule has 0 aliphatic rings. The van der Waals surface area contributed by atoms with Crippen LogP contribution in [-0.2, 0) is 15.8 Å². The topological polar surface area (TPSA) is 44.5 Å². The fraction of sp³-hybridized carbons (Fsp3) is 0.538. The summed E-state index contributed by atoms with van der Waals surface area (Å²) in [4.78, 5) is 0. The van der Waals surface area contributed by atoms with Gasteiger partial charge in [0.15, 0.2) is 8.32 Å². The molecule has 0 saturated carbocycles. The Balaban J connectivity index is 2.29. The van der Waals surface area contributed by atoms with Crippen LogP contribution in [0.1, 0.15) is 5.56 Å². The summed E-state index contributed by atoms with van der Waals surface area (Å²) in [5.74, 6) is 0. The van der Waals surface area contributed by atoms with E-state index in [0.717, 1.165) is 0 Å². The van der Waals surface area contributed by atoms with Crippen LogP contribution in [0.15, 0.2) is 30.3 Å². The Labute approximate surface area is 105 Å². The fourth-order valence-electron chi connectivity index (χ4n) is 1.53. The Morgan fingerprint density at radius 1 is 1.18 bits per heavy atom. The van der Waals surface area contributed by atoms with Crippen molar-refractivity contribution >= 4 is 8.32 Å². The van der Waals surface area contributed by atoms with Crippen molar-refractivity contribution in [3.63, 3.8) is 0 Å². The highest BCUT2D eigenvalue weighted by atomic mass is 28.4. The highest BCUT2D eigenvalue weighted by Crippen LogP contribution is 2.08. The molecule has 0 saturated heterocycles. The lowest BCUT2D eigenvalue weighted by Crippen LogP contribution is -2.39. The minimum Gasteiger partial charge on any atom is -0.411 e. The van der Waals surface area contributed by atoms with Gasteiger partial charge in [0.1, 0.15) is 0 Å². The fourth-order valence-corrected chi connectivity index (χ4v) is 2.70. The summed E-state index contributed by atoms with van der Waals surface area (Å²) in [7, 11) is -1.53. The van der Waals surface area contributed by atoms with Crippen LogP contribution in [-0.4, -0.2) is 27.6 Å². The average Bonchev–Trinajstić information content (AvgIpc) is 2.27. The van der Waals surface area contributed by atoms with Gasteiger partial charge in [0.2, 0.25) is 0 Å². The van der Waals surface area contributed by atoms with E-state index in [1.165, 1.54) is 5.56 Å². The number of nitrogens with two attached hydrogens (primary N) is 1. The van der Waals surface area contributed by atoms with Crippen molar-refractivity contribution in [3.8, 4) is 0 Å². The lowest BCUT2D eigenvalue weighted by atomic mass is 10.2. The third kappa shape index (κ3) is 6.58. The molecule has 0 spiro atoms. The van der Waals surface area contributed by atoms with Crippen LogP contribution in [0.25, 0.3) is 0 Å². The van der Waals surface area contributed by atoms with Crippen LogP contribution in [0.3, 0.4) is 0 Å². The number of rotatable bonds is 7. The Bertz CT molecular complexity index is 311. The van der Waals surface area contributed by atoms with Crippen molar-refractivity contribution < 1.29 is 9.16 Å². The van der Waals surface area contributed by atoms with Gasteiger partial charge in [-0.15, -0.1) is 0 Å². The molecular weight excluding hydrogens is 230 g/mol. The normalized spacial score (nSPS) is 13.6. The van der Waals surface area contributed by atoms with E-state index < -0.39 is 8.32 Å². The molecule has 3 nitrogen and oxygen atoms in total. The quantitative estimate of drug-likeness (QED) is 0.759. The van der Waals surface area contributed by atoms with Gasteiger partial charge in [-0.05, 0) is 25.2 Å². The van der Waals surface area contributed by atoms with E-state index in [0.29, 0.717) is 19.8 Å². The number of hydrogen-bond acceptors (Lipinski definition) is 3. The second kappa shape index (κ2) is 6.91. The minimum atomic E-state index is -1.53. The Hall–Kier alpha value is -0.683. The molecule has 0 heterocycles. The first-order valence-electron chi connectivity index (χ1n) is 6.01. The standard InChI is InChI=1S/C13H23NO2Si/c1-17(2,3)16-13(9-14)11-15-10-12-7-5-4-6-8-12/h4-8,13H,9-11,14H2,1-3H3. The summed E-state index contributed by atoms with van der Waals surface area (Å²) < 4.78 is 11.5. The lowest BCUT2D eigenvalue weighted by molar-refractivity contribution is 0.0415. The van der Waals surface area contributed by atoms with E-state index in [-0.39, 0.29) is 6.10 Å². The lowest BCUT2D eigenvalue weighted by Gasteiger charge is -2.25. The molecule has 0 bridgehead atoms. The highest BCUT2D eigenvalue weighted by molar-refractivity contribution is 6.69. The van der Waals surface area contributed by atoms with Crippen LogP contribution >= 0.6 is 0 Å². The third-order valence-electron chi connectivity index (χ3n) is 2.20. The van der Waals surface area contributed by atoms with E-state index in [1.54, 1.807) is 0 Å². The highest BCUT2D eigenvalue weighted by Gasteiger charge is 2.20. The van der Waals surface area contributed by atoms with Crippen molar-refractivity contribution in [3.05, 3.63) is 35.9 Å². The summed E-state index contributed by atoms with van der Waals surface area (Å²) in [6.07, 6.45) is 0.0189. The van der Waals surface area contributed by atoms with Crippen molar-refractivity contribution in [1.82, 2.24) is 0 Å². The van der Waals surface area contributed by atoms with Crippen molar-refractivity contribution in [2.24, 2.45) is 5.73 Å². The summed E-state index contributed by atoms with van der Waals surface area (Å²) in [6.45, 7) is 8.17. The molecule has 1 rings (SSSR count). The van der Waals surface area contributed by atoms with Crippen LogP contribution < -0.4 is 5.73 Å². The maximum atomic E-state index is 5.91. The molecule has 0 fully saturated rings. The molecule has 0 radical (unpaired) electrons. The Morgan fingerprint density at radius 2 is 1.82 bits per heavy atom. The predicted octanol–water partition coefficient (Wildman–Crippen LogP) is 2.38. The van der Waals surface area contributed by atoms with Crippen LogP contribution in [0.2, 0.25) is 19.6 Å². The second-order valence-electron chi connectivity index (χ2n) is 5.09. The summed E-state index contributed by atoms with van der Waals surface area (Å²) in [5.41, 5.74) is 6.85. The summed E-state index contributed by atoms with van der Waals surface area (Å²) in [5, 5.41) is 0. The maximum Gasteiger partial charge on any atom is 0.184 e. The monoisotopic (exact) mass is 253 g/mol. The molecule has 1 aromatic rings. The molecular formula is C13H23NO2Si. The van der Waals surface area contributed by atoms with E-state index >= 15 is 0 Å². The van der Waals surface area contributed by atoms with Gasteiger partial charge in [0, 0.05) is 6.54 Å². The van der Waals surface area contributed by atoms with Gasteiger partial charge >= 0.3 is 0 Å². The third-order valence-corrected chi connectivity index (χ3v) is 3.24. The summed E-state index contributed by atoms with van der Waals surface area (Å²) >= 11 is 0. The van der Waals surface area contributed by atoms with Gasteiger partial charge < -0.3 is 14.9 Å². The van der Waals surface area contributed by atoms with Crippen LogP contribution in [0, 0.1) is 0 Å². The molecule has 0 aliphatic heterocycles. The van der Waals surface area contributed by atoms with Crippen molar-refractivity contribution in [1.29, 1.82) is 0 Å². The van der Waals surface area contributed by atoms with Gasteiger partial charge in [0.25, 0.3) is 0 Å². The minimum absolute atomic E-state index is 0.0189. The van der Waals surface area contributed by atoms with Gasteiger partial charge in [-0.2, -0.15) is 0 Å². The van der Waals surface area contributed by atoms with Crippen LogP contribution in [0.5, 0.6) is 0 Å². The molecule has 4 heteroatoms. The smallest absolute Gasteiger partial charge is 0.184 e. The summed E-state index contributed by atoms with van der Waals surface area (Å²) in [6, 6.07) is 10.1. The molecule has 0 aromatic heterocycles. The second-order valence-corrected chi connectivity index (χ2v) is 9.55. The van der Waals surface area contributed by atoms with E-state index in [1.807, 2.05) is 18.2 Å². The molecule has 1 aromatic carbocycles. The van der Waals surface area contributed by atoms with E-state index in [4.69, 9.17) is 14.9 Å². The van der Waals surface area contributed by atoms with Crippen LogP contribution in [0.4, 0.5) is 0 Å². The molecule has 0 aliphatic carbocycles. The Morgan fingerprint density at radius 3 is 2.35 bits per heavy atom. The van der Waals surface area contributed by atoms with Crippen molar-refractivity contribution in [2.45, 2.75) is 32.4 Å². The number of ether oxygens (including phenoxy) is 1. The average molecular weight is 253 g/mol. The van der Waals surface area contributed by atoms with Gasteiger partial charge in [-0.3, -0.25) is 0 Å². The zero-order valence-corrected chi connectivity index (χ0v) is 12.0. The number of hydrogen-bond donors (Lipinski definition) is 1. The number of benzene rings is 1. The van der Waals surface area contributed by atoms with Gasteiger partial charge in [0.05, 0.1) is 19.3 Å². The van der Waals surface area contributed by atoms with E-state index in [9.17, 15) is 0 Å². The zero-order valence-electron chi connectivity index (χ0n) is 11.0. The molecule has 96 valence electrons. The van der Waals surface area contributed by atoms with E-state index in [2.05, 4.69) is 31.8 Å². The largest absolute Gasteiger partial charge is 0.411 e.